The van der Waals surface area contributed by atoms with Crippen LogP contribution in [0, 0.1) is 11.6 Å². The van der Waals surface area contributed by atoms with Crippen molar-refractivity contribution in [3.05, 3.63) is 48.3 Å². The highest BCUT2D eigenvalue weighted by atomic mass is 32.2. The Morgan fingerprint density at radius 3 is 2.57 bits per heavy atom. The molecule has 0 fully saturated rings. The van der Waals surface area contributed by atoms with E-state index in [9.17, 15) is 26.2 Å². The summed E-state index contributed by atoms with van der Waals surface area (Å²) in [6.07, 6.45) is -4.43. The lowest BCUT2D eigenvalue weighted by molar-refractivity contribution is -0.189. The molecule has 0 bridgehead atoms. The van der Waals surface area contributed by atoms with Crippen molar-refractivity contribution in [3.8, 4) is 5.75 Å². The van der Waals surface area contributed by atoms with Crippen molar-refractivity contribution in [3.63, 3.8) is 0 Å². The van der Waals surface area contributed by atoms with E-state index in [-0.39, 0.29) is 28.1 Å². The second-order valence-corrected chi connectivity index (χ2v) is 7.30. The number of anilines is 2. The van der Waals surface area contributed by atoms with E-state index in [2.05, 4.69) is 19.6 Å². The van der Waals surface area contributed by atoms with E-state index in [0.717, 1.165) is 37.5 Å². The maximum Gasteiger partial charge on any atom is 0.425 e. The van der Waals surface area contributed by atoms with Crippen LogP contribution in [-0.2, 0) is 10.6 Å². The first-order valence-electron chi connectivity index (χ1n) is 8.41. The first-order chi connectivity index (χ1) is 14.0. The lowest BCUT2D eigenvalue weighted by Crippen LogP contribution is -2.31. The minimum absolute atomic E-state index is 0.0581. The average Bonchev–Trinajstić information content (AvgIpc) is 2.62. The topological polar surface area (TPSA) is 76.5 Å². The van der Waals surface area contributed by atoms with Crippen LogP contribution in [0.1, 0.15) is 6.92 Å². The van der Waals surface area contributed by atoms with Gasteiger partial charge >= 0.3 is 6.18 Å². The molecular weight excluding hydrogens is 431 g/mol. The van der Waals surface area contributed by atoms with Gasteiger partial charge < -0.3 is 10.1 Å². The summed E-state index contributed by atoms with van der Waals surface area (Å²) < 4.78 is 86.7. The maximum atomic E-state index is 14.7. The number of benzene rings is 2. The molecule has 0 radical (unpaired) electrons. The molecule has 0 saturated carbocycles. The molecule has 0 aliphatic carbocycles. The van der Waals surface area contributed by atoms with Gasteiger partial charge in [-0.25, -0.2) is 23.1 Å². The molecule has 2 atom stereocenters. The third-order valence-electron chi connectivity index (χ3n) is 3.89. The van der Waals surface area contributed by atoms with Crippen LogP contribution in [0.5, 0.6) is 5.75 Å². The van der Waals surface area contributed by atoms with Gasteiger partial charge in [-0.05, 0) is 25.1 Å². The van der Waals surface area contributed by atoms with E-state index in [1.807, 2.05) is 0 Å². The zero-order valence-electron chi connectivity index (χ0n) is 15.5. The van der Waals surface area contributed by atoms with E-state index in [1.54, 1.807) is 0 Å². The zero-order valence-corrected chi connectivity index (χ0v) is 16.4. The number of hydrogen-bond acceptors (Lipinski definition) is 6. The highest BCUT2D eigenvalue weighted by Gasteiger charge is 2.38. The van der Waals surface area contributed by atoms with Crippen molar-refractivity contribution in [2.45, 2.75) is 19.2 Å². The lowest BCUT2D eigenvalue weighted by atomic mass is 10.2. The van der Waals surface area contributed by atoms with Crippen LogP contribution < -0.4 is 10.1 Å². The normalized spacial score (nSPS) is 14.0. The van der Waals surface area contributed by atoms with Gasteiger partial charge in [0, 0.05) is 29.0 Å². The lowest BCUT2D eigenvalue weighted by Gasteiger charge is -2.20. The number of ether oxygens (including phenoxy) is 1. The molecule has 1 unspecified atom stereocenters. The monoisotopic (exact) mass is 446 g/mol. The number of fused-ring (bicyclic) bond motifs is 1. The second-order valence-electron chi connectivity index (χ2n) is 6.18. The molecule has 0 spiro atoms. The fraction of sp³-hybridized carbons (Fsp3) is 0.222. The minimum Gasteiger partial charge on any atom is -0.479 e. The molecule has 0 aliphatic rings. The predicted octanol–water partition coefficient (Wildman–Crippen LogP) is 4.91. The van der Waals surface area contributed by atoms with Gasteiger partial charge in [-0.15, -0.1) is 0 Å². The maximum absolute atomic E-state index is 14.7. The van der Waals surface area contributed by atoms with Crippen LogP contribution in [0.2, 0.25) is 0 Å². The molecule has 1 N–H and O–H groups in total. The molecule has 6 nitrogen and oxygen atoms in total. The molecule has 12 heteroatoms. The number of nitrogens with one attached hydrogen (secondary N) is 1. The molecule has 160 valence electrons. The quantitative estimate of drug-likeness (QED) is 0.430. The Morgan fingerprint density at radius 2 is 1.90 bits per heavy atom. The van der Waals surface area contributed by atoms with Gasteiger partial charge in [-0.1, -0.05) is 0 Å². The fourth-order valence-corrected chi connectivity index (χ4v) is 2.97. The second kappa shape index (κ2) is 8.38. The SMILES string of the molecule is C[C@H](Oc1cc(F)ccc1Nc1ncnc2cc(/N=[SH](\C)=O)cc(F)c12)C(F)(F)F. The van der Waals surface area contributed by atoms with Crippen molar-refractivity contribution < 1.29 is 30.9 Å². The molecule has 1 aromatic heterocycles. The highest BCUT2D eigenvalue weighted by Crippen LogP contribution is 2.35. The summed E-state index contributed by atoms with van der Waals surface area (Å²) in [5.74, 6) is -2.12. The van der Waals surface area contributed by atoms with Crippen LogP contribution in [0.25, 0.3) is 10.9 Å². The van der Waals surface area contributed by atoms with Gasteiger partial charge in [-0.3, -0.25) is 4.21 Å². The Balaban J connectivity index is 2.05. The summed E-state index contributed by atoms with van der Waals surface area (Å²) in [7, 11) is -1.91. The Kier molecular flexibility index (Phi) is 6.06. The van der Waals surface area contributed by atoms with Crippen LogP contribution in [0.4, 0.5) is 39.1 Å². The standard InChI is InChI=1S/C18H15F5N4O2S/c1-9(18(21,22)23)29-15-5-10(19)3-4-13(15)26-17-16-12(20)6-11(27-30(2)28)7-14(16)24-8-25-17/h3-9,30H,1-2H3,(H,24,25,26)/t9-/m0/s1. The number of nitrogens with zero attached hydrogens (tertiary/aromatic N) is 3. The number of alkyl halides is 3. The molecule has 0 amide bonds. The molecule has 1 heterocycles. The van der Waals surface area contributed by atoms with Crippen molar-refractivity contribution in [2.75, 3.05) is 11.6 Å². The summed E-state index contributed by atoms with van der Waals surface area (Å²) in [5, 5.41) is 2.58. The molecule has 2 aromatic carbocycles. The number of aromatic nitrogens is 2. The van der Waals surface area contributed by atoms with Crippen molar-refractivity contribution in [2.24, 2.45) is 4.36 Å². The number of thiol groups is 1. The summed E-state index contributed by atoms with van der Waals surface area (Å²) >= 11 is 0. The Hall–Kier alpha value is -3.02. The number of halogens is 5. The predicted molar refractivity (Wildman–Crippen MR) is 103 cm³/mol. The summed E-state index contributed by atoms with van der Waals surface area (Å²) in [4.78, 5) is 7.87. The van der Waals surface area contributed by atoms with Crippen molar-refractivity contribution in [1.82, 2.24) is 9.97 Å². The third kappa shape index (κ3) is 4.93. The molecule has 0 saturated heterocycles. The average molecular weight is 446 g/mol. The van der Waals surface area contributed by atoms with E-state index in [4.69, 9.17) is 4.74 Å². The van der Waals surface area contributed by atoms with Crippen LogP contribution in [0.15, 0.2) is 41.0 Å². The van der Waals surface area contributed by atoms with Crippen molar-refractivity contribution in [1.29, 1.82) is 0 Å². The summed E-state index contributed by atoms with van der Waals surface area (Å²) in [6, 6.07) is 5.34. The Labute approximate surface area is 169 Å². The van der Waals surface area contributed by atoms with Gasteiger partial charge in [0.2, 0.25) is 0 Å². The van der Waals surface area contributed by atoms with Gasteiger partial charge in [0.1, 0.15) is 29.5 Å². The van der Waals surface area contributed by atoms with Gasteiger partial charge in [0.25, 0.3) is 0 Å². The molecule has 3 rings (SSSR count). The summed E-state index contributed by atoms with van der Waals surface area (Å²) in [5.41, 5.74) is 0.173. The number of rotatable bonds is 5. The first kappa shape index (κ1) is 21.7. The smallest absolute Gasteiger partial charge is 0.425 e. The highest BCUT2D eigenvalue weighted by molar-refractivity contribution is 7.74. The Bertz CT molecular complexity index is 1180. The van der Waals surface area contributed by atoms with Crippen LogP contribution in [-0.4, -0.2) is 32.7 Å². The van der Waals surface area contributed by atoms with Crippen molar-refractivity contribution >= 4 is 38.7 Å². The zero-order chi connectivity index (χ0) is 22.1. The molecule has 30 heavy (non-hydrogen) atoms. The Morgan fingerprint density at radius 1 is 1.17 bits per heavy atom. The molecular formula is C18H15F5N4O2S. The largest absolute Gasteiger partial charge is 0.479 e. The molecule has 3 aromatic rings. The first-order valence-corrected chi connectivity index (χ1v) is 10.1. The van der Waals surface area contributed by atoms with Gasteiger partial charge in [0.05, 0.1) is 22.3 Å². The third-order valence-corrected chi connectivity index (χ3v) is 4.40. The fourth-order valence-electron chi connectivity index (χ4n) is 2.52. The minimum atomic E-state index is -4.67. The summed E-state index contributed by atoms with van der Waals surface area (Å²) in [6.45, 7) is 0.776. The van der Waals surface area contributed by atoms with Crippen LogP contribution in [0.3, 0.4) is 0 Å². The van der Waals surface area contributed by atoms with E-state index in [0.29, 0.717) is 0 Å². The number of hydrogen-bond donors (Lipinski definition) is 2. The van der Waals surface area contributed by atoms with Gasteiger partial charge in [0.15, 0.2) is 6.10 Å². The molecule has 0 aliphatic heterocycles. The van der Waals surface area contributed by atoms with E-state index >= 15 is 0 Å². The van der Waals surface area contributed by atoms with Crippen LogP contribution >= 0.6 is 0 Å². The van der Waals surface area contributed by atoms with E-state index < -0.39 is 40.3 Å². The van der Waals surface area contributed by atoms with E-state index in [1.165, 1.54) is 12.3 Å². The van der Waals surface area contributed by atoms with Gasteiger partial charge in [-0.2, -0.15) is 13.2 Å².